The summed E-state index contributed by atoms with van der Waals surface area (Å²) in [4.78, 5) is 2.44. The molecule has 0 saturated heterocycles. The van der Waals surface area contributed by atoms with E-state index in [1.807, 2.05) is 11.3 Å². The van der Waals surface area contributed by atoms with Crippen LogP contribution in [0.3, 0.4) is 0 Å². The highest BCUT2D eigenvalue weighted by Crippen LogP contribution is 2.63. The molecule has 3 heteroatoms. The summed E-state index contributed by atoms with van der Waals surface area (Å²) in [7, 11) is 0. The van der Waals surface area contributed by atoms with Crippen molar-refractivity contribution in [2.45, 2.75) is 5.41 Å². The van der Waals surface area contributed by atoms with Crippen molar-refractivity contribution in [2.75, 3.05) is 4.90 Å². The standard InChI is InChI=1S/C67H42N2S/c1-2-19-45(20-3-1)68(47-37-38-53-52-26-8-13-32-60(52)67(61(53)42-47)58-30-11-6-24-50(58)51-25-7-12-31-59(51)67)46-21-16-18-43(40-46)48-22-4-5-23-49(48)44-36-39-63-57(41-44)54-27-9-14-33-62(54)69(63)64-34-17-29-56-55-28-10-15-35-65(55)70-66(56)64/h1-42H. The third-order valence-electron chi connectivity index (χ3n) is 15.2. The normalized spacial score (nSPS) is 13.0. The Kier molecular flexibility index (Phi) is 8.48. The Bertz CT molecular complexity index is 4200. The van der Waals surface area contributed by atoms with E-state index in [-0.39, 0.29) is 0 Å². The van der Waals surface area contributed by atoms with Gasteiger partial charge in [-0.2, -0.15) is 0 Å². The summed E-state index contributed by atoms with van der Waals surface area (Å²) in [5.74, 6) is 0. The predicted octanol–water partition coefficient (Wildman–Crippen LogP) is 18.3. The lowest BCUT2D eigenvalue weighted by molar-refractivity contribution is 0.793. The molecular formula is C67H42N2S. The molecule has 0 amide bonds. The van der Waals surface area contributed by atoms with Gasteiger partial charge in [0.1, 0.15) is 0 Å². The van der Waals surface area contributed by atoms with E-state index in [1.165, 1.54) is 109 Å². The fourth-order valence-corrected chi connectivity index (χ4v) is 13.6. The molecule has 70 heavy (non-hydrogen) atoms. The van der Waals surface area contributed by atoms with Gasteiger partial charge in [0, 0.05) is 43.3 Å². The molecule has 0 saturated carbocycles. The van der Waals surface area contributed by atoms with Crippen molar-refractivity contribution in [3.05, 3.63) is 277 Å². The van der Waals surface area contributed by atoms with E-state index in [1.54, 1.807) is 0 Å². The summed E-state index contributed by atoms with van der Waals surface area (Å²) in [6.45, 7) is 0. The first-order valence-corrected chi connectivity index (χ1v) is 25.0. The highest BCUT2D eigenvalue weighted by molar-refractivity contribution is 7.26. The molecule has 2 aromatic heterocycles. The Labute approximate surface area is 410 Å². The Morgan fingerprint density at radius 1 is 0.314 bits per heavy atom. The average Bonchev–Trinajstić information content (AvgIpc) is 4.15. The molecule has 11 aromatic carbocycles. The minimum absolute atomic E-state index is 0.433. The second kappa shape index (κ2) is 15.1. The number of aromatic nitrogens is 1. The molecule has 326 valence electrons. The number of anilines is 3. The fourth-order valence-electron chi connectivity index (χ4n) is 12.4. The topological polar surface area (TPSA) is 8.17 Å². The monoisotopic (exact) mass is 906 g/mol. The Morgan fingerprint density at radius 2 is 0.843 bits per heavy atom. The number of hydrogen-bond donors (Lipinski definition) is 0. The zero-order chi connectivity index (χ0) is 45.9. The Balaban J connectivity index is 0.878. The molecule has 15 rings (SSSR count). The van der Waals surface area contributed by atoms with Gasteiger partial charge >= 0.3 is 0 Å². The highest BCUT2D eigenvalue weighted by Gasteiger charge is 2.51. The van der Waals surface area contributed by atoms with Crippen LogP contribution in [0.25, 0.3) is 92.2 Å². The number of benzene rings is 11. The maximum atomic E-state index is 2.48. The van der Waals surface area contributed by atoms with Crippen molar-refractivity contribution < 1.29 is 0 Å². The summed E-state index contributed by atoms with van der Waals surface area (Å²) >= 11 is 1.88. The van der Waals surface area contributed by atoms with Crippen molar-refractivity contribution in [1.29, 1.82) is 0 Å². The molecule has 0 unspecified atom stereocenters. The van der Waals surface area contributed by atoms with Crippen LogP contribution in [-0.4, -0.2) is 4.57 Å². The van der Waals surface area contributed by atoms with Crippen LogP contribution in [0, 0.1) is 0 Å². The van der Waals surface area contributed by atoms with Gasteiger partial charge in [-0.1, -0.05) is 188 Å². The third kappa shape index (κ3) is 5.49. The summed E-state index contributed by atoms with van der Waals surface area (Å²) in [6, 6.07) is 94.7. The molecule has 0 fully saturated rings. The zero-order valence-corrected chi connectivity index (χ0v) is 38.9. The Hall–Kier alpha value is -8.76. The van der Waals surface area contributed by atoms with Crippen LogP contribution in [0.1, 0.15) is 22.3 Å². The minimum Gasteiger partial charge on any atom is -0.310 e. The number of nitrogens with zero attached hydrogens (tertiary/aromatic N) is 2. The first kappa shape index (κ1) is 39.3. The lowest BCUT2D eigenvalue weighted by Gasteiger charge is -2.32. The van der Waals surface area contributed by atoms with Crippen molar-refractivity contribution >= 4 is 70.4 Å². The van der Waals surface area contributed by atoms with Crippen LogP contribution in [-0.2, 0) is 5.41 Å². The van der Waals surface area contributed by atoms with Crippen LogP contribution in [0.15, 0.2) is 255 Å². The number of rotatable bonds is 6. The van der Waals surface area contributed by atoms with Crippen LogP contribution in [0.4, 0.5) is 17.1 Å². The number of fused-ring (bicyclic) bond motifs is 16. The summed E-state index contributed by atoms with van der Waals surface area (Å²) in [5, 5.41) is 5.11. The second-order valence-electron chi connectivity index (χ2n) is 18.7. The van der Waals surface area contributed by atoms with Crippen LogP contribution in [0.5, 0.6) is 0 Å². The van der Waals surface area contributed by atoms with Crippen LogP contribution >= 0.6 is 11.3 Å². The fraction of sp³-hybridized carbons (Fsp3) is 0.0149. The van der Waals surface area contributed by atoms with Gasteiger partial charge < -0.3 is 9.47 Å². The van der Waals surface area contributed by atoms with Gasteiger partial charge in [-0.25, -0.2) is 0 Å². The molecule has 13 aromatic rings. The molecule has 0 N–H and O–H groups in total. The SMILES string of the molecule is c1ccc(N(c2cccc(-c3ccccc3-c3ccc4c(c3)c3ccccc3n4-c3cccc4c3sc3ccccc34)c2)c2ccc3c(c2)C2(c4ccccc4-c4ccccc42)c2ccccc2-3)cc1. The van der Waals surface area contributed by atoms with Gasteiger partial charge in [0.25, 0.3) is 0 Å². The lowest BCUT2D eigenvalue weighted by atomic mass is 9.70. The van der Waals surface area contributed by atoms with Crippen LogP contribution < -0.4 is 4.90 Å². The highest BCUT2D eigenvalue weighted by atomic mass is 32.1. The van der Waals surface area contributed by atoms with E-state index in [0.717, 1.165) is 22.6 Å². The predicted molar refractivity (Wildman–Crippen MR) is 296 cm³/mol. The first-order chi connectivity index (χ1) is 34.7. The van der Waals surface area contributed by atoms with E-state index in [4.69, 9.17) is 0 Å². The smallest absolute Gasteiger partial charge is 0.0726 e. The Morgan fingerprint density at radius 3 is 1.57 bits per heavy atom. The lowest BCUT2D eigenvalue weighted by Crippen LogP contribution is -2.26. The molecule has 2 nitrogen and oxygen atoms in total. The van der Waals surface area contributed by atoms with Gasteiger partial charge in [-0.05, 0) is 133 Å². The molecule has 0 bridgehead atoms. The van der Waals surface area contributed by atoms with Crippen molar-refractivity contribution in [3.63, 3.8) is 0 Å². The van der Waals surface area contributed by atoms with Gasteiger partial charge in [-0.3, -0.25) is 0 Å². The van der Waals surface area contributed by atoms with Gasteiger partial charge in [0.2, 0.25) is 0 Å². The van der Waals surface area contributed by atoms with Crippen molar-refractivity contribution in [1.82, 2.24) is 4.57 Å². The number of para-hydroxylation sites is 2. The summed E-state index contributed by atoms with van der Waals surface area (Å²) in [6.07, 6.45) is 0. The summed E-state index contributed by atoms with van der Waals surface area (Å²) < 4.78 is 5.10. The maximum absolute atomic E-state index is 2.48. The van der Waals surface area contributed by atoms with E-state index in [2.05, 4.69) is 264 Å². The molecule has 0 radical (unpaired) electrons. The number of thiophene rings is 1. The van der Waals surface area contributed by atoms with Gasteiger partial charge in [0.05, 0.1) is 26.8 Å². The quantitative estimate of drug-likeness (QED) is 0.161. The number of hydrogen-bond acceptors (Lipinski definition) is 2. The third-order valence-corrected chi connectivity index (χ3v) is 16.4. The molecular weight excluding hydrogens is 865 g/mol. The van der Waals surface area contributed by atoms with E-state index in [9.17, 15) is 0 Å². The average molecular weight is 907 g/mol. The molecule has 0 atom stereocenters. The maximum Gasteiger partial charge on any atom is 0.0726 e. The van der Waals surface area contributed by atoms with E-state index in [0.29, 0.717) is 0 Å². The molecule has 2 heterocycles. The van der Waals surface area contributed by atoms with Crippen molar-refractivity contribution in [2.24, 2.45) is 0 Å². The molecule has 2 aliphatic carbocycles. The van der Waals surface area contributed by atoms with E-state index < -0.39 is 5.41 Å². The summed E-state index contributed by atoms with van der Waals surface area (Å²) in [5.41, 5.74) is 21.9. The molecule has 2 aliphatic rings. The van der Waals surface area contributed by atoms with Gasteiger partial charge in [0.15, 0.2) is 0 Å². The zero-order valence-electron chi connectivity index (χ0n) is 38.1. The largest absolute Gasteiger partial charge is 0.310 e. The van der Waals surface area contributed by atoms with Crippen molar-refractivity contribution in [3.8, 4) is 50.2 Å². The van der Waals surface area contributed by atoms with Gasteiger partial charge in [-0.15, -0.1) is 11.3 Å². The molecule has 1 spiro atoms. The van der Waals surface area contributed by atoms with E-state index >= 15 is 0 Å². The van der Waals surface area contributed by atoms with Crippen LogP contribution in [0.2, 0.25) is 0 Å². The molecule has 0 aliphatic heterocycles. The minimum atomic E-state index is -0.433. The second-order valence-corrected chi connectivity index (χ2v) is 19.8. The first-order valence-electron chi connectivity index (χ1n) is 24.2.